The minimum absolute atomic E-state index is 0.0205. The van der Waals surface area contributed by atoms with Crippen LogP contribution in [0.5, 0.6) is 0 Å². The van der Waals surface area contributed by atoms with Crippen LogP contribution >= 0.6 is 23.2 Å². The van der Waals surface area contributed by atoms with Crippen molar-refractivity contribution in [3.05, 3.63) is 60.5 Å². The highest BCUT2D eigenvalue weighted by molar-refractivity contribution is 6.42. The highest BCUT2D eigenvalue weighted by Crippen LogP contribution is 2.23. The van der Waals surface area contributed by atoms with E-state index in [9.17, 15) is 14.4 Å². The number of hydrogen-bond acceptors (Lipinski definition) is 5. The quantitative estimate of drug-likeness (QED) is 0.484. The Morgan fingerprint density at radius 1 is 1.10 bits per heavy atom. The normalized spacial score (nSPS) is 11.2. The zero-order chi connectivity index (χ0) is 22.5. The van der Waals surface area contributed by atoms with E-state index in [-0.39, 0.29) is 13.0 Å². The number of fused-ring (bicyclic) bond motifs is 1. The lowest BCUT2D eigenvalue weighted by molar-refractivity contribution is -0.144. The number of nitrogens with zero attached hydrogens (tertiary/aromatic N) is 3. The standard InChI is InChI=1S/C21H24Cl2N4O4/c1-3-5-9-27-19-18(20(29)25-21(27)30)26(8-4-2)16(24-19)12-31-17(28)11-13-6-7-14(22)15(23)10-13/h6-7,10H,3-5,8-9,11-12H2,1-2H3,(H,25,29,30). The summed E-state index contributed by atoms with van der Waals surface area (Å²) in [5.41, 5.74) is 0.308. The van der Waals surface area contributed by atoms with Gasteiger partial charge >= 0.3 is 11.7 Å². The van der Waals surface area contributed by atoms with Gasteiger partial charge in [0.25, 0.3) is 5.56 Å². The summed E-state index contributed by atoms with van der Waals surface area (Å²) < 4.78 is 8.59. The molecule has 166 valence electrons. The first kappa shape index (κ1) is 23.1. The van der Waals surface area contributed by atoms with Crippen LogP contribution in [0.4, 0.5) is 0 Å². The molecule has 31 heavy (non-hydrogen) atoms. The Kier molecular flexibility index (Phi) is 7.56. The molecule has 3 rings (SSSR count). The number of aryl methyl sites for hydroxylation is 2. The van der Waals surface area contributed by atoms with E-state index in [1.807, 2.05) is 13.8 Å². The number of halogens is 2. The Morgan fingerprint density at radius 2 is 1.87 bits per heavy atom. The van der Waals surface area contributed by atoms with E-state index < -0.39 is 17.2 Å². The van der Waals surface area contributed by atoms with Gasteiger partial charge in [0.15, 0.2) is 11.2 Å². The van der Waals surface area contributed by atoms with Gasteiger partial charge < -0.3 is 9.30 Å². The number of carbonyl (C=O) groups excluding carboxylic acids is 1. The van der Waals surface area contributed by atoms with E-state index in [0.29, 0.717) is 45.7 Å². The number of unbranched alkanes of at least 4 members (excludes halogenated alkanes) is 1. The number of aromatic amines is 1. The van der Waals surface area contributed by atoms with Crippen LogP contribution in [0.25, 0.3) is 11.2 Å². The summed E-state index contributed by atoms with van der Waals surface area (Å²) in [6, 6.07) is 4.94. The summed E-state index contributed by atoms with van der Waals surface area (Å²) in [7, 11) is 0. The fourth-order valence-corrected chi connectivity index (χ4v) is 3.65. The summed E-state index contributed by atoms with van der Waals surface area (Å²) in [4.78, 5) is 44.0. The molecule has 0 aliphatic heterocycles. The van der Waals surface area contributed by atoms with Crippen LogP contribution in [0.2, 0.25) is 10.0 Å². The van der Waals surface area contributed by atoms with Crippen LogP contribution in [-0.4, -0.2) is 25.1 Å². The summed E-state index contributed by atoms with van der Waals surface area (Å²) in [6.45, 7) is 4.82. The number of benzene rings is 1. The summed E-state index contributed by atoms with van der Waals surface area (Å²) in [6.07, 6.45) is 2.42. The fraction of sp³-hybridized carbons (Fsp3) is 0.429. The van der Waals surface area contributed by atoms with E-state index in [4.69, 9.17) is 27.9 Å². The average Bonchev–Trinajstić information content (AvgIpc) is 3.08. The summed E-state index contributed by atoms with van der Waals surface area (Å²) in [5.74, 6) is -0.0496. The number of rotatable bonds is 9. The number of nitrogens with one attached hydrogen (secondary N) is 1. The van der Waals surface area contributed by atoms with Crippen molar-refractivity contribution in [2.24, 2.45) is 0 Å². The molecule has 0 aliphatic carbocycles. The molecule has 0 saturated carbocycles. The number of hydrogen-bond donors (Lipinski definition) is 1. The molecule has 0 radical (unpaired) electrons. The lowest BCUT2D eigenvalue weighted by Gasteiger charge is -2.09. The van der Waals surface area contributed by atoms with Gasteiger partial charge in [-0.25, -0.2) is 9.78 Å². The molecular formula is C21H24Cl2N4O4. The van der Waals surface area contributed by atoms with Crippen molar-refractivity contribution in [2.75, 3.05) is 0 Å². The number of carbonyl (C=O) groups is 1. The van der Waals surface area contributed by atoms with Gasteiger partial charge in [-0.2, -0.15) is 0 Å². The molecule has 3 aromatic rings. The maximum atomic E-state index is 12.5. The molecular weight excluding hydrogens is 443 g/mol. The smallest absolute Gasteiger partial charge is 0.330 e. The van der Waals surface area contributed by atoms with E-state index in [1.165, 1.54) is 4.57 Å². The second-order valence-corrected chi connectivity index (χ2v) is 8.02. The fourth-order valence-electron chi connectivity index (χ4n) is 3.33. The van der Waals surface area contributed by atoms with Crippen LogP contribution in [0.15, 0.2) is 27.8 Å². The lowest BCUT2D eigenvalue weighted by atomic mass is 10.1. The third-order valence-electron chi connectivity index (χ3n) is 4.84. The Morgan fingerprint density at radius 3 is 2.55 bits per heavy atom. The molecule has 0 unspecified atom stereocenters. The maximum Gasteiger partial charge on any atom is 0.330 e. The van der Waals surface area contributed by atoms with Gasteiger partial charge in [-0.3, -0.25) is 19.1 Å². The molecule has 0 atom stereocenters. The average molecular weight is 467 g/mol. The van der Waals surface area contributed by atoms with Gasteiger partial charge in [0.2, 0.25) is 0 Å². The van der Waals surface area contributed by atoms with Gasteiger partial charge in [0, 0.05) is 13.1 Å². The molecule has 0 saturated heterocycles. The largest absolute Gasteiger partial charge is 0.457 e. The van der Waals surface area contributed by atoms with Crippen LogP contribution in [0.1, 0.15) is 44.5 Å². The van der Waals surface area contributed by atoms with E-state index in [0.717, 1.165) is 19.3 Å². The third kappa shape index (κ3) is 5.19. The van der Waals surface area contributed by atoms with Crippen molar-refractivity contribution in [1.82, 2.24) is 19.1 Å². The number of aromatic nitrogens is 4. The third-order valence-corrected chi connectivity index (χ3v) is 5.58. The molecule has 0 spiro atoms. The Bertz CT molecular complexity index is 1210. The maximum absolute atomic E-state index is 12.5. The van der Waals surface area contributed by atoms with Crippen LogP contribution < -0.4 is 11.2 Å². The van der Waals surface area contributed by atoms with Crippen molar-refractivity contribution in [1.29, 1.82) is 0 Å². The molecule has 1 aromatic carbocycles. The molecule has 2 aromatic heterocycles. The van der Waals surface area contributed by atoms with Crippen molar-refractivity contribution in [2.45, 2.75) is 59.2 Å². The number of ether oxygens (including phenoxy) is 1. The monoisotopic (exact) mass is 466 g/mol. The SMILES string of the molecule is CCCCn1c(=O)[nH]c(=O)c2c1nc(COC(=O)Cc1ccc(Cl)c(Cl)c1)n2CCC. The van der Waals surface area contributed by atoms with Crippen molar-refractivity contribution in [3.8, 4) is 0 Å². The lowest BCUT2D eigenvalue weighted by Crippen LogP contribution is -2.31. The van der Waals surface area contributed by atoms with E-state index >= 15 is 0 Å². The van der Waals surface area contributed by atoms with Gasteiger partial charge in [-0.15, -0.1) is 0 Å². The van der Waals surface area contributed by atoms with Gasteiger partial charge in [-0.05, 0) is 30.5 Å². The number of esters is 1. The highest BCUT2D eigenvalue weighted by atomic mass is 35.5. The molecule has 10 heteroatoms. The van der Waals surface area contributed by atoms with Crippen molar-refractivity contribution < 1.29 is 9.53 Å². The van der Waals surface area contributed by atoms with Crippen LogP contribution in [0.3, 0.4) is 0 Å². The first-order chi connectivity index (χ1) is 14.8. The minimum Gasteiger partial charge on any atom is -0.457 e. The van der Waals surface area contributed by atoms with E-state index in [1.54, 1.807) is 22.8 Å². The first-order valence-electron chi connectivity index (χ1n) is 10.2. The Hall–Kier alpha value is -2.58. The highest BCUT2D eigenvalue weighted by Gasteiger charge is 2.19. The second-order valence-electron chi connectivity index (χ2n) is 7.20. The Labute approximate surface area is 188 Å². The number of H-pyrrole nitrogens is 1. The second kappa shape index (κ2) is 10.2. The predicted molar refractivity (Wildman–Crippen MR) is 120 cm³/mol. The Balaban J connectivity index is 1.88. The summed E-state index contributed by atoms with van der Waals surface area (Å²) >= 11 is 11.9. The molecule has 0 aliphatic rings. The molecule has 8 nitrogen and oxygen atoms in total. The van der Waals surface area contributed by atoms with Gasteiger partial charge in [0.1, 0.15) is 12.4 Å². The van der Waals surface area contributed by atoms with Crippen LogP contribution in [0, 0.1) is 0 Å². The van der Waals surface area contributed by atoms with Crippen molar-refractivity contribution in [3.63, 3.8) is 0 Å². The van der Waals surface area contributed by atoms with Crippen LogP contribution in [-0.2, 0) is 35.6 Å². The molecule has 0 fully saturated rings. The molecule has 1 N–H and O–H groups in total. The summed E-state index contributed by atoms with van der Waals surface area (Å²) in [5, 5.41) is 0.771. The van der Waals surface area contributed by atoms with E-state index in [2.05, 4.69) is 9.97 Å². The molecule has 0 amide bonds. The van der Waals surface area contributed by atoms with Gasteiger partial charge in [0.05, 0.1) is 16.5 Å². The topological polar surface area (TPSA) is 99.0 Å². The first-order valence-corrected chi connectivity index (χ1v) is 10.9. The molecule has 0 bridgehead atoms. The number of imidazole rings is 1. The van der Waals surface area contributed by atoms with Gasteiger partial charge in [-0.1, -0.05) is 49.5 Å². The minimum atomic E-state index is -0.498. The zero-order valence-electron chi connectivity index (χ0n) is 17.4. The molecule has 2 heterocycles. The van der Waals surface area contributed by atoms with Crippen molar-refractivity contribution >= 4 is 40.3 Å². The predicted octanol–water partition coefficient (Wildman–Crippen LogP) is 3.69. The zero-order valence-corrected chi connectivity index (χ0v) is 18.9.